The van der Waals surface area contributed by atoms with E-state index in [0.717, 1.165) is 24.9 Å². The average Bonchev–Trinajstić information content (AvgIpc) is 3.10. The van der Waals surface area contributed by atoms with Crippen LogP contribution in [-0.2, 0) is 0 Å². The van der Waals surface area contributed by atoms with Gasteiger partial charge in [0, 0.05) is 30.4 Å². The van der Waals surface area contributed by atoms with Gasteiger partial charge in [-0.05, 0) is 31.0 Å². The van der Waals surface area contributed by atoms with Crippen molar-refractivity contribution < 1.29 is 14.4 Å². The maximum atomic E-state index is 11.3. The fraction of sp³-hybridized carbons (Fsp3) is 0.353. The molecule has 7 nitrogen and oxygen atoms in total. The molecule has 1 aliphatic rings. The summed E-state index contributed by atoms with van der Waals surface area (Å²) < 4.78 is 10.7. The molecule has 1 fully saturated rings. The summed E-state index contributed by atoms with van der Waals surface area (Å²) in [4.78, 5) is 17.2. The van der Waals surface area contributed by atoms with Crippen molar-refractivity contribution in [2.24, 2.45) is 0 Å². The topological polar surface area (TPSA) is 77.7 Å². The Hall–Kier alpha value is -2.83. The van der Waals surface area contributed by atoms with Crippen LogP contribution in [0.3, 0.4) is 0 Å². The van der Waals surface area contributed by atoms with Crippen molar-refractivity contribution in [3.8, 4) is 11.5 Å². The molecule has 1 aromatic carbocycles. The number of rotatable bonds is 5. The highest BCUT2D eigenvalue weighted by molar-refractivity contribution is 5.60. The van der Waals surface area contributed by atoms with Gasteiger partial charge in [-0.15, -0.1) is 0 Å². The minimum absolute atomic E-state index is 0.0144. The lowest BCUT2D eigenvalue weighted by atomic mass is 10.0. The van der Waals surface area contributed by atoms with Crippen molar-refractivity contribution in [1.29, 1.82) is 0 Å². The summed E-state index contributed by atoms with van der Waals surface area (Å²) in [5, 5.41) is 11.3. The van der Waals surface area contributed by atoms with Crippen molar-refractivity contribution in [2.45, 2.75) is 18.9 Å². The molecule has 0 radical (unpaired) electrons. The van der Waals surface area contributed by atoms with Crippen LogP contribution in [0.15, 0.2) is 36.5 Å². The highest BCUT2D eigenvalue weighted by atomic mass is 16.6. The Balaban J connectivity index is 2.02. The van der Waals surface area contributed by atoms with Crippen LogP contribution in [0.25, 0.3) is 0 Å². The number of ether oxygens (including phenoxy) is 2. The molecule has 0 aliphatic carbocycles. The number of benzene rings is 1. The Kier molecular flexibility index (Phi) is 4.50. The van der Waals surface area contributed by atoms with Gasteiger partial charge in [0.2, 0.25) is 5.82 Å². The first kappa shape index (κ1) is 16.0. The zero-order valence-electron chi connectivity index (χ0n) is 13.6. The molecule has 126 valence electrons. The van der Waals surface area contributed by atoms with Crippen LogP contribution in [0.2, 0.25) is 0 Å². The fourth-order valence-corrected chi connectivity index (χ4v) is 3.19. The zero-order chi connectivity index (χ0) is 17.1. The summed E-state index contributed by atoms with van der Waals surface area (Å²) in [6.45, 7) is 0.720. The number of nitrogens with zero attached hydrogens (tertiary/aromatic N) is 3. The smallest absolute Gasteiger partial charge is 0.311 e. The Morgan fingerprint density at radius 2 is 2.12 bits per heavy atom. The van der Waals surface area contributed by atoms with E-state index in [4.69, 9.17) is 9.47 Å². The van der Waals surface area contributed by atoms with E-state index in [2.05, 4.69) is 4.98 Å². The van der Waals surface area contributed by atoms with E-state index >= 15 is 0 Å². The largest absolute Gasteiger partial charge is 0.497 e. The summed E-state index contributed by atoms with van der Waals surface area (Å²) in [5.41, 5.74) is 1.01. The van der Waals surface area contributed by atoms with Gasteiger partial charge in [0.1, 0.15) is 11.5 Å². The maximum absolute atomic E-state index is 11.3. The fourth-order valence-electron chi connectivity index (χ4n) is 3.19. The molecule has 0 N–H and O–H groups in total. The Labute approximate surface area is 140 Å². The van der Waals surface area contributed by atoms with Crippen molar-refractivity contribution >= 4 is 11.5 Å². The first-order valence-electron chi connectivity index (χ1n) is 7.73. The van der Waals surface area contributed by atoms with E-state index in [1.54, 1.807) is 26.5 Å². The highest BCUT2D eigenvalue weighted by Gasteiger charge is 2.33. The van der Waals surface area contributed by atoms with Gasteiger partial charge in [-0.2, -0.15) is 0 Å². The third-order valence-electron chi connectivity index (χ3n) is 4.29. The van der Waals surface area contributed by atoms with E-state index in [1.165, 1.54) is 6.07 Å². The van der Waals surface area contributed by atoms with Crippen molar-refractivity contribution in [1.82, 2.24) is 4.98 Å². The van der Waals surface area contributed by atoms with Gasteiger partial charge >= 0.3 is 5.69 Å². The molecule has 2 aromatic rings. The SMILES string of the molecule is COc1ccc([C@H]2CCCN2c2ncccc2[N+](=O)[O-])c(OC)c1. The van der Waals surface area contributed by atoms with Crippen LogP contribution in [0, 0.1) is 10.1 Å². The second kappa shape index (κ2) is 6.74. The molecule has 1 atom stereocenters. The number of anilines is 1. The molecule has 0 spiro atoms. The Morgan fingerprint density at radius 3 is 2.83 bits per heavy atom. The zero-order valence-corrected chi connectivity index (χ0v) is 13.6. The minimum Gasteiger partial charge on any atom is -0.497 e. The molecule has 3 rings (SSSR count). The molecule has 0 amide bonds. The number of aromatic nitrogens is 1. The van der Waals surface area contributed by atoms with Crippen molar-refractivity contribution in [3.63, 3.8) is 0 Å². The minimum atomic E-state index is -0.386. The van der Waals surface area contributed by atoms with E-state index < -0.39 is 0 Å². The van der Waals surface area contributed by atoms with Gasteiger partial charge in [-0.1, -0.05) is 0 Å². The quantitative estimate of drug-likeness (QED) is 0.618. The standard InChI is InChI=1S/C17H19N3O4/c1-23-12-7-8-13(16(11-12)24-2)14-6-4-10-19(14)17-15(20(21)22)5-3-9-18-17/h3,5,7-9,11,14H,4,6,10H2,1-2H3/t14-/m1/s1. The first-order valence-corrected chi connectivity index (χ1v) is 7.73. The third kappa shape index (κ3) is 2.84. The van der Waals surface area contributed by atoms with Crippen LogP contribution in [0.4, 0.5) is 11.5 Å². The van der Waals surface area contributed by atoms with Crippen molar-refractivity contribution in [2.75, 3.05) is 25.7 Å². The predicted molar refractivity (Wildman–Crippen MR) is 89.8 cm³/mol. The van der Waals surface area contributed by atoms with Crippen LogP contribution in [0.5, 0.6) is 11.5 Å². The number of hydrogen-bond acceptors (Lipinski definition) is 6. The molecule has 24 heavy (non-hydrogen) atoms. The third-order valence-corrected chi connectivity index (χ3v) is 4.29. The highest BCUT2D eigenvalue weighted by Crippen LogP contribution is 2.42. The molecule has 0 bridgehead atoms. The number of methoxy groups -OCH3 is 2. The normalized spacial score (nSPS) is 16.9. The molecule has 7 heteroatoms. The van der Waals surface area contributed by atoms with Gasteiger partial charge in [0.05, 0.1) is 25.2 Å². The summed E-state index contributed by atoms with van der Waals surface area (Å²) in [5.74, 6) is 1.83. The van der Waals surface area contributed by atoms with E-state index in [1.807, 2.05) is 23.1 Å². The van der Waals surface area contributed by atoms with E-state index in [0.29, 0.717) is 17.3 Å². The molecule has 2 heterocycles. The molecule has 1 saturated heterocycles. The molecule has 1 aromatic heterocycles. The van der Waals surface area contributed by atoms with Crippen molar-refractivity contribution in [3.05, 3.63) is 52.2 Å². The van der Waals surface area contributed by atoms with Crippen LogP contribution < -0.4 is 14.4 Å². The number of pyridine rings is 1. The number of hydrogen-bond donors (Lipinski definition) is 0. The summed E-state index contributed by atoms with van der Waals surface area (Å²) in [7, 11) is 3.22. The lowest BCUT2D eigenvalue weighted by Crippen LogP contribution is -2.24. The monoisotopic (exact) mass is 329 g/mol. The van der Waals surface area contributed by atoms with Gasteiger partial charge < -0.3 is 14.4 Å². The van der Waals surface area contributed by atoms with Gasteiger partial charge in [-0.3, -0.25) is 10.1 Å². The van der Waals surface area contributed by atoms with Crippen LogP contribution in [-0.4, -0.2) is 30.7 Å². The van der Waals surface area contributed by atoms with Crippen LogP contribution >= 0.6 is 0 Å². The van der Waals surface area contributed by atoms with E-state index in [-0.39, 0.29) is 16.7 Å². The Bertz CT molecular complexity index is 750. The average molecular weight is 329 g/mol. The molecular formula is C17H19N3O4. The molecule has 0 saturated carbocycles. The molecular weight excluding hydrogens is 310 g/mol. The lowest BCUT2D eigenvalue weighted by molar-refractivity contribution is -0.384. The van der Waals surface area contributed by atoms with Crippen LogP contribution in [0.1, 0.15) is 24.4 Å². The maximum Gasteiger partial charge on any atom is 0.311 e. The molecule has 1 aliphatic heterocycles. The summed E-state index contributed by atoms with van der Waals surface area (Å²) in [6, 6.07) is 8.72. The van der Waals surface area contributed by atoms with E-state index in [9.17, 15) is 10.1 Å². The lowest BCUT2D eigenvalue weighted by Gasteiger charge is -2.27. The molecule has 0 unspecified atom stereocenters. The second-order valence-corrected chi connectivity index (χ2v) is 5.56. The summed E-state index contributed by atoms with van der Waals surface area (Å²) in [6.07, 6.45) is 3.41. The second-order valence-electron chi connectivity index (χ2n) is 5.56. The Morgan fingerprint density at radius 1 is 1.29 bits per heavy atom. The first-order chi connectivity index (χ1) is 11.7. The van der Waals surface area contributed by atoms with Gasteiger partial charge in [0.25, 0.3) is 0 Å². The summed E-state index contributed by atoms with van der Waals surface area (Å²) >= 11 is 0. The number of nitro groups is 1. The van der Waals surface area contributed by atoms with Gasteiger partial charge in [-0.25, -0.2) is 4.98 Å². The van der Waals surface area contributed by atoms with Gasteiger partial charge in [0.15, 0.2) is 0 Å². The predicted octanol–water partition coefficient (Wildman–Crippen LogP) is 3.35.